The topological polar surface area (TPSA) is 33.7 Å². The first kappa shape index (κ1) is 17.0. The van der Waals surface area contributed by atoms with Crippen molar-refractivity contribution in [2.75, 3.05) is 40.4 Å². The highest BCUT2D eigenvalue weighted by atomic mass is 19.3. The smallest absolute Gasteiger partial charge is 0.240 e. The maximum atomic E-state index is 13.2. The third-order valence-corrected chi connectivity index (χ3v) is 4.02. The van der Waals surface area contributed by atoms with Gasteiger partial charge in [-0.05, 0) is 24.6 Å². The third kappa shape index (κ3) is 3.87. The van der Waals surface area contributed by atoms with Crippen LogP contribution in [0.2, 0.25) is 0 Å². The standard InChI is InChI=1S/C16H24F2N2O2/c1-11-8-13(21-2)16(14(9-11)22-3)12(10-15(17)18)20-6-4-19-5-7-20/h8-9,12,15,19H,4-7,10H2,1-3H3/t12-/m0/s1. The Morgan fingerprint density at radius 3 is 2.14 bits per heavy atom. The highest BCUT2D eigenvalue weighted by Crippen LogP contribution is 2.41. The lowest BCUT2D eigenvalue weighted by atomic mass is 9.97. The molecule has 22 heavy (non-hydrogen) atoms. The fourth-order valence-corrected chi connectivity index (χ4v) is 3.01. The van der Waals surface area contributed by atoms with Crippen molar-refractivity contribution in [3.8, 4) is 11.5 Å². The van der Waals surface area contributed by atoms with E-state index in [4.69, 9.17) is 9.47 Å². The van der Waals surface area contributed by atoms with Crippen LogP contribution in [0.1, 0.15) is 23.6 Å². The van der Waals surface area contributed by atoms with Crippen molar-refractivity contribution in [1.82, 2.24) is 10.2 Å². The number of nitrogens with zero attached hydrogens (tertiary/aromatic N) is 1. The Morgan fingerprint density at radius 2 is 1.68 bits per heavy atom. The van der Waals surface area contributed by atoms with E-state index in [0.717, 1.165) is 37.3 Å². The van der Waals surface area contributed by atoms with Crippen molar-refractivity contribution >= 4 is 0 Å². The summed E-state index contributed by atoms with van der Waals surface area (Å²) in [5.74, 6) is 1.22. The highest BCUT2D eigenvalue weighted by molar-refractivity contribution is 5.50. The number of halogens is 2. The van der Waals surface area contributed by atoms with Crippen LogP contribution >= 0.6 is 0 Å². The SMILES string of the molecule is COc1cc(C)cc(OC)c1[C@H](CC(F)F)N1CCNCC1. The zero-order chi connectivity index (χ0) is 16.1. The summed E-state index contributed by atoms with van der Waals surface area (Å²) in [5.41, 5.74) is 1.70. The average Bonchev–Trinajstić information content (AvgIpc) is 2.52. The molecule has 4 nitrogen and oxygen atoms in total. The van der Waals surface area contributed by atoms with Gasteiger partial charge in [-0.1, -0.05) is 0 Å². The Bertz CT molecular complexity index is 466. The molecule has 0 unspecified atom stereocenters. The molecule has 1 fully saturated rings. The Balaban J connectivity index is 2.45. The minimum Gasteiger partial charge on any atom is -0.496 e. The average molecular weight is 314 g/mol. The zero-order valence-corrected chi connectivity index (χ0v) is 13.4. The van der Waals surface area contributed by atoms with E-state index in [1.807, 2.05) is 19.1 Å². The van der Waals surface area contributed by atoms with Gasteiger partial charge in [0.15, 0.2) is 0 Å². The van der Waals surface area contributed by atoms with Gasteiger partial charge in [-0.3, -0.25) is 4.90 Å². The van der Waals surface area contributed by atoms with Crippen LogP contribution in [0.15, 0.2) is 12.1 Å². The van der Waals surface area contributed by atoms with Crippen LogP contribution in [-0.2, 0) is 0 Å². The lowest BCUT2D eigenvalue weighted by Crippen LogP contribution is -2.45. The van der Waals surface area contributed by atoms with E-state index < -0.39 is 12.5 Å². The Labute approximate surface area is 130 Å². The van der Waals surface area contributed by atoms with Crippen molar-refractivity contribution < 1.29 is 18.3 Å². The number of rotatable bonds is 6. The van der Waals surface area contributed by atoms with Crippen LogP contribution in [0, 0.1) is 6.92 Å². The quantitative estimate of drug-likeness (QED) is 0.875. The van der Waals surface area contributed by atoms with Gasteiger partial charge in [0.2, 0.25) is 6.43 Å². The van der Waals surface area contributed by atoms with Gasteiger partial charge in [-0.15, -0.1) is 0 Å². The third-order valence-electron chi connectivity index (χ3n) is 4.02. The van der Waals surface area contributed by atoms with Gasteiger partial charge >= 0.3 is 0 Å². The number of nitrogens with one attached hydrogen (secondary N) is 1. The molecule has 0 aromatic heterocycles. The van der Waals surface area contributed by atoms with Gasteiger partial charge < -0.3 is 14.8 Å². The number of alkyl halides is 2. The van der Waals surface area contributed by atoms with Gasteiger partial charge in [0.05, 0.1) is 19.8 Å². The molecule has 1 aromatic carbocycles. The van der Waals surface area contributed by atoms with Crippen LogP contribution in [0.5, 0.6) is 11.5 Å². The fraction of sp³-hybridized carbons (Fsp3) is 0.625. The van der Waals surface area contributed by atoms with Gasteiger partial charge in [0, 0.05) is 38.6 Å². The zero-order valence-electron chi connectivity index (χ0n) is 13.4. The van der Waals surface area contributed by atoms with Gasteiger partial charge in [-0.2, -0.15) is 0 Å². The molecule has 1 aromatic rings. The molecular formula is C16H24F2N2O2. The molecule has 0 amide bonds. The number of ether oxygens (including phenoxy) is 2. The van der Waals surface area contributed by atoms with Crippen LogP contribution in [0.25, 0.3) is 0 Å². The van der Waals surface area contributed by atoms with E-state index in [2.05, 4.69) is 10.2 Å². The molecule has 1 heterocycles. The van der Waals surface area contributed by atoms with Crippen molar-refractivity contribution in [3.05, 3.63) is 23.3 Å². The summed E-state index contributed by atoms with van der Waals surface area (Å²) in [7, 11) is 3.13. The Kier molecular flexibility index (Phi) is 5.97. The van der Waals surface area contributed by atoms with E-state index in [1.165, 1.54) is 0 Å². The highest BCUT2D eigenvalue weighted by Gasteiger charge is 2.30. The number of methoxy groups -OCH3 is 2. The second-order valence-electron chi connectivity index (χ2n) is 5.51. The summed E-state index contributed by atoms with van der Waals surface area (Å²) < 4.78 is 37.2. The molecule has 1 N–H and O–H groups in total. The molecule has 6 heteroatoms. The monoisotopic (exact) mass is 314 g/mol. The summed E-state index contributed by atoms with van der Waals surface area (Å²) >= 11 is 0. The van der Waals surface area contributed by atoms with Crippen molar-refractivity contribution in [2.45, 2.75) is 25.8 Å². The number of aryl methyl sites for hydroxylation is 1. The number of hydrogen-bond acceptors (Lipinski definition) is 4. The van der Waals surface area contributed by atoms with E-state index >= 15 is 0 Å². The molecule has 124 valence electrons. The van der Waals surface area contributed by atoms with Crippen molar-refractivity contribution in [2.24, 2.45) is 0 Å². The first-order chi connectivity index (χ1) is 10.6. The maximum absolute atomic E-state index is 13.2. The van der Waals surface area contributed by atoms with Crippen LogP contribution in [0.3, 0.4) is 0 Å². The molecule has 0 saturated carbocycles. The predicted molar refractivity (Wildman–Crippen MR) is 82.1 cm³/mol. The van der Waals surface area contributed by atoms with Crippen LogP contribution in [-0.4, -0.2) is 51.7 Å². The van der Waals surface area contributed by atoms with E-state index in [1.54, 1.807) is 14.2 Å². The van der Waals surface area contributed by atoms with Gasteiger partial charge in [0.25, 0.3) is 0 Å². The largest absolute Gasteiger partial charge is 0.496 e. The molecule has 0 bridgehead atoms. The van der Waals surface area contributed by atoms with E-state index in [-0.39, 0.29) is 6.42 Å². The molecule has 1 aliphatic heterocycles. The molecule has 1 saturated heterocycles. The normalized spacial score (nSPS) is 17.5. The van der Waals surface area contributed by atoms with E-state index in [9.17, 15) is 8.78 Å². The second kappa shape index (κ2) is 7.74. The van der Waals surface area contributed by atoms with Crippen molar-refractivity contribution in [3.63, 3.8) is 0 Å². The molecular weight excluding hydrogens is 290 g/mol. The Hall–Kier alpha value is -1.40. The Morgan fingerprint density at radius 1 is 1.14 bits per heavy atom. The van der Waals surface area contributed by atoms with E-state index in [0.29, 0.717) is 11.5 Å². The summed E-state index contributed by atoms with van der Waals surface area (Å²) in [4.78, 5) is 2.08. The summed E-state index contributed by atoms with van der Waals surface area (Å²) in [6.07, 6.45) is -2.61. The first-order valence-electron chi connectivity index (χ1n) is 7.52. The summed E-state index contributed by atoms with van der Waals surface area (Å²) in [5, 5.41) is 3.25. The minimum absolute atomic E-state index is 0.226. The minimum atomic E-state index is -2.38. The molecule has 1 aliphatic rings. The number of benzene rings is 1. The van der Waals surface area contributed by atoms with Gasteiger partial charge in [0.1, 0.15) is 11.5 Å². The molecule has 2 rings (SSSR count). The first-order valence-corrected chi connectivity index (χ1v) is 7.52. The molecule has 0 spiro atoms. The molecule has 1 atom stereocenters. The second-order valence-corrected chi connectivity index (χ2v) is 5.51. The lowest BCUT2D eigenvalue weighted by Gasteiger charge is -2.36. The van der Waals surface area contributed by atoms with Crippen LogP contribution in [0.4, 0.5) is 8.78 Å². The number of hydrogen-bond donors (Lipinski definition) is 1. The summed E-state index contributed by atoms with van der Waals surface area (Å²) in [6, 6.07) is 3.34. The number of piperazine rings is 1. The molecule has 0 radical (unpaired) electrons. The molecule has 0 aliphatic carbocycles. The maximum Gasteiger partial charge on any atom is 0.240 e. The lowest BCUT2D eigenvalue weighted by molar-refractivity contribution is 0.0718. The van der Waals surface area contributed by atoms with Crippen molar-refractivity contribution in [1.29, 1.82) is 0 Å². The van der Waals surface area contributed by atoms with Crippen LogP contribution < -0.4 is 14.8 Å². The van der Waals surface area contributed by atoms with Gasteiger partial charge in [-0.25, -0.2) is 8.78 Å². The summed E-state index contributed by atoms with van der Waals surface area (Å²) in [6.45, 7) is 5.00. The predicted octanol–water partition coefficient (Wildman–Crippen LogP) is 2.61. The fourth-order valence-electron chi connectivity index (χ4n) is 3.01.